The normalized spacial score (nSPS) is 15.8. The number of aliphatic hydroxyl groups is 1. The zero-order valence-electron chi connectivity index (χ0n) is 9.00. The summed E-state index contributed by atoms with van der Waals surface area (Å²) in [6.07, 6.45) is 2.20. The lowest BCUT2D eigenvalue weighted by atomic mass is 10.2. The Morgan fingerprint density at radius 2 is 2.06 bits per heavy atom. The van der Waals surface area contributed by atoms with Crippen molar-refractivity contribution in [3.05, 3.63) is 35.4 Å². The maximum Gasteiger partial charge on any atom is 0.130 e. The van der Waals surface area contributed by atoms with Gasteiger partial charge in [-0.25, -0.2) is 8.78 Å². The van der Waals surface area contributed by atoms with E-state index in [1.54, 1.807) is 0 Å². The van der Waals surface area contributed by atoms with Gasteiger partial charge in [0, 0.05) is 30.8 Å². The lowest BCUT2D eigenvalue weighted by Gasteiger charge is -2.21. The van der Waals surface area contributed by atoms with Crippen molar-refractivity contribution < 1.29 is 13.9 Å². The first-order valence-corrected chi connectivity index (χ1v) is 5.49. The third-order valence-electron chi connectivity index (χ3n) is 2.84. The van der Waals surface area contributed by atoms with Crippen LogP contribution in [0.15, 0.2) is 18.2 Å². The summed E-state index contributed by atoms with van der Waals surface area (Å²) in [5.74, 6) is -1.06. The molecule has 0 spiro atoms. The quantitative estimate of drug-likeness (QED) is 0.830. The van der Waals surface area contributed by atoms with E-state index in [4.69, 9.17) is 5.11 Å². The van der Waals surface area contributed by atoms with Gasteiger partial charge in [0.2, 0.25) is 0 Å². The Balaban J connectivity index is 2.05. The van der Waals surface area contributed by atoms with E-state index in [2.05, 4.69) is 0 Å². The predicted octanol–water partition coefficient (Wildman–Crippen LogP) is 1.92. The molecule has 0 aromatic heterocycles. The molecule has 1 saturated carbocycles. The average molecular weight is 227 g/mol. The van der Waals surface area contributed by atoms with Crippen LogP contribution in [0.25, 0.3) is 0 Å². The molecule has 2 nitrogen and oxygen atoms in total. The number of benzene rings is 1. The molecule has 16 heavy (non-hydrogen) atoms. The van der Waals surface area contributed by atoms with E-state index in [-0.39, 0.29) is 6.61 Å². The van der Waals surface area contributed by atoms with Crippen LogP contribution in [0.4, 0.5) is 8.78 Å². The first-order chi connectivity index (χ1) is 7.70. The van der Waals surface area contributed by atoms with Crippen LogP contribution in [0.1, 0.15) is 18.4 Å². The molecule has 1 fully saturated rings. The van der Waals surface area contributed by atoms with Gasteiger partial charge in [0.05, 0.1) is 6.61 Å². The number of hydrogen-bond acceptors (Lipinski definition) is 2. The summed E-state index contributed by atoms with van der Waals surface area (Å²) in [6.45, 7) is 1.05. The summed E-state index contributed by atoms with van der Waals surface area (Å²) in [5.41, 5.74) is 0.488. The standard InChI is InChI=1S/C12H15F2NO/c13-10-2-1-9(12(14)7-10)8-15(5-6-16)11-3-4-11/h1-2,7,11,16H,3-6,8H2. The van der Waals surface area contributed by atoms with E-state index in [1.165, 1.54) is 12.1 Å². The van der Waals surface area contributed by atoms with Crippen LogP contribution in [0.3, 0.4) is 0 Å². The van der Waals surface area contributed by atoms with Crippen LogP contribution < -0.4 is 0 Å². The first-order valence-electron chi connectivity index (χ1n) is 5.49. The summed E-state index contributed by atoms with van der Waals surface area (Å²) in [5, 5.41) is 8.91. The van der Waals surface area contributed by atoms with Crippen molar-refractivity contribution in [2.45, 2.75) is 25.4 Å². The number of hydrogen-bond donors (Lipinski definition) is 1. The zero-order valence-corrected chi connectivity index (χ0v) is 9.00. The molecule has 0 saturated heterocycles. The van der Waals surface area contributed by atoms with Crippen molar-refractivity contribution in [1.29, 1.82) is 0 Å². The minimum Gasteiger partial charge on any atom is -0.395 e. The fourth-order valence-corrected chi connectivity index (χ4v) is 1.83. The molecule has 0 amide bonds. The number of rotatable bonds is 5. The van der Waals surface area contributed by atoms with Crippen LogP contribution >= 0.6 is 0 Å². The molecule has 0 bridgehead atoms. The van der Waals surface area contributed by atoms with Crippen LogP contribution in [0.5, 0.6) is 0 Å². The van der Waals surface area contributed by atoms with E-state index in [0.717, 1.165) is 18.9 Å². The summed E-state index contributed by atoms with van der Waals surface area (Å²) in [6, 6.07) is 4.09. The molecule has 1 aliphatic rings. The molecule has 4 heteroatoms. The Morgan fingerprint density at radius 3 is 2.62 bits per heavy atom. The highest BCUT2D eigenvalue weighted by Gasteiger charge is 2.28. The molecule has 0 heterocycles. The van der Waals surface area contributed by atoms with Crippen molar-refractivity contribution in [2.24, 2.45) is 0 Å². The van der Waals surface area contributed by atoms with Crippen molar-refractivity contribution in [3.63, 3.8) is 0 Å². The highest BCUT2D eigenvalue weighted by atomic mass is 19.1. The smallest absolute Gasteiger partial charge is 0.130 e. The summed E-state index contributed by atoms with van der Waals surface area (Å²) in [7, 11) is 0. The van der Waals surface area contributed by atoms with Crippen molar-refractivity contribution in [1.82, 2.24) is 4.90 Å². The van der Waals surface area contributed by atoms with Crippen LogP contribution in [0.2, 0.25) is 0 Å². The predicted molar refractivity (Wildman–Crippen MR) is 56.9 cm³/mol. The van der Waals surface area contributed by atoms with Gasteiger partial charge < -0.3 is 5.11 Å². The number of nitrogens with zero attached hydrogens (tertiary/aromatic N) is 1. The van der Waals surface area contributed by atoms with Gasteiger partial charge in [-0.15, -0.1) is 0 Å². The van der Waals surface area contributed by atoms with E-state index >= 15 is 0 Å². The van der Waals surface area contributed by atoms with Gasteiger partial charge in [-0.1, -0.05) is 6.07 Å². The van der Waals surface area contributed by atoms with Crippen molar-refractivity contribution >= 4 is 0 Å². The first kappa shape index (κ1) is 11.5. The highest BCUT2D eigenvalue weighted by Crippen LogP contribution is 2.28. The highest BCUT2D eigenvalue weighted by molar-refractivity contribution is 5.18. The van der Waals surface area contributed by atoms with Gasteiger partial charge >= 0.3 is 0 Å². The van der Waals surface area contributed by atoms with Crippen LogP contribution in [-0.4, -0.2) is 29.2 Å². The maximum absolute atomic E-state index is 13.4. The van der Waals surface area contributed by atoms with E-state index in [1.807, 2.05) is 4.90 Å². The maximum atomic E-state index is 13.4. The Bertz CT molecular complexity index is 366. The van der Waals surface area contributed by atoms with E-state index in [9.17, 15) is 8.78 Å². The van der Waals surface area contributed by atoms with Crippen molar-refractivity contribution in [2.75, 3.05) is 13.2 Å². The molecular weight excluding hydrogens is 212 g/mol. The molecule has 1 aromatic rings. The van der Waals surface area contributed by atoms with Gasteiger partial charge in [-0.3, -0.25) is 4.90 Å². The van der Waals surface area contributed by atoms with Gasteiger partial charge in [0.25, 0.3) is 0 Å². The third kappa shape index (κ3) is 2.77. The minimum atomic E-state index is -0.554. The fourth-order valence-electron chi connectivity index (χ4n) is 1.83. The van der Waals surface area contributed by atoms with Crippen molar-refractivity contribution in [3.8, 4) is 0 Å². The van der Waals surface area contributed by atoms with Gasteiger partial charge in [0.1, 0.15) is 11.6 Å². The molecule has 2 rings (SSSR count). The molecule has 88 valence electrons. The molecule has 1 N–H and O–H groups in total. The molecule has 1 aliphatic carbocycles. The Morgan fingerprint density at radius 1 is 1.31 bits per heavy atom. The fraction of sp³-hybridized carbons (Fsp3) is 0.500. The summed E-state index contributed by atoms with van der Waals surface area (Å²) >= 11 is 0. The van der Waals surface area contributed by atoms with Crippen LogP contribution in [0, 0.1) is 11.6 Å². The Labute approximate surface area is 93.5 Å². The SMILES string of the molecule is OCCN(Cc1ccc(F)cc1F)C1CC1. The van der Waals surface area contributed by atoms with Gasteiger partial charge in [0.15, 0.2) is 0 Å². The summed E-state index contributed by atoms with van der Waals surface area (Å²) in [4.78, 5) is 2.04. The van der Waals surface area contributed by atoms with E-state index in [0.29, 0.717) is 24.7 Å². The van der Waals surface area contributed by atoms with Gasteiger partial charge in [-0.2, -0.15) is 0 Å². The topological polar surface area (TPSA) is 23.5 Å². The largest absolute Gasteiger partial charge is 0.395 e. The second-order valence-corrected chi connectivity index (χ2v) is 4.16. The Kier molecular flexibility index (Phi) is 3.51. The molecule has 0 radical (unpaired) electrons. The lowest BCUT2D eigenvalue weighted by molar-refractivity contribution is 0.182. The molecule has 0 atom stereocenters. The monoisotopic (exact) mass is 227 g/mol. The Hall–Kier alpha value is -1.00. The molecule has 0 aliphatic heterocycles. The second-order valence-electron chi connectivity index (χ2n) is 4.16. The average Bonchev–Trinajstić information content (AvgIpc) is 3.04. The summed E-state index contributed by atoms with van der Waals surface area (Å²) < 4.78 is 26.1. The molecular formula is C12H15F2NO. The van der Waals surface area contributed by atoms with Gasteiger partial charge in [-0.05, 0) is 18.9 Å². The minimum absolute atomic E-state index is 0.0688. The van der Waals surface area contributed by atoms with Crippen LogP contribution in [-0.2, 0) is 6.54 Å². The third-order valence-corrected chi connectivity index (χ3v) is 2.84. The number of aliphatic hydroxyl groups excluding tert-OH is 1. The van der Waals surface area contributed by atoms with E-state index < -0.39 is 11.6 Å². The molecule has 1 aromatic carbocycles. The zero-order chi connectivity index (χ0) is 11.5. The number of halogens is 2. The lowest BCUT2D eigenvalue weighted by Crippen LogP contribution is -2.29. The molecule has 0 unspecified atom stereocenters. The second kappa shape index (κ2) is 4.89.